The summed E-state index contributed by atoms with van der Waals surface area (Å²) in [5, 5.41) is 31.5. The predicted molar refractivity (Wildman–Crippen MR) is 125 cm³/mol. The van der Waals surface area contributed by atoms with Crippen LogP contribution in [0.4, 0.5) is 4.79 Å². The van der Waals surface area contributed by atoms with Gasteiger partial charge in [0.1, 0.15) is 5.75 Å². The van der Waals surface area contributed by atoms with Gasteiger partial charge in [0.05, 0.1) is 31.7 Å². The lowest BCUT2D eigenvalue weighted by atomic mass is 9.66. The smallest absolute Gasteiger partial charge is 0.423 e. The Hall–Kier alpha value is -2.97. The average molecular weight is 472 g/mol. The Bertz CT molecular complexity index is 1030. The first kappa shape index (κ1) is 25.6. The van der Waals surface area contributed by atoms with Gasteiger partial charge in [0, 0.05) is 11.5 Å². The van der Waals surface area contributed by atoms with Gasteiger partial charge in [0.25, 0.3) is 0 Å². The van der Waals surface area contributed by atoms with Gasteiger partial charge >= 0.3 is 6.09 Å². The van der Waals surface area contributed by atoms with Crippen molar-refractivity contribution in [2.75, 3.05) is 13.7 Å². The molecule has 0 aromatic heterocycles. The number of benzene rings is 1. The van der Waals surface area contributed by atoms with Crippen molar-refractivity contribution < 1.29 is 34.4 Å². The number of aliphatic hydroxyl groups excluding tert-OH is 2. The van der Waals surface area contributed by atoms with E-state index in [9.17, 15) is 29.7 Å². The molecule has 3 rings (SSSR count). The maximum atomic E-state index is 13.0. The Morgan fingerprint density at radius 2 is 1.91 bits per heavy atom. The molecule has 1 aromatic carbocycles. The number of hydrogen-bond acceptors (Lipinski definition) is 7. The lowest BCUT2D eigenvalue weighted by Gasteiger charge is -2.38. The summed E-state index contributed by atoms with van der Waals surface area (Å²) in [6.45, 7) is 5.37. The average Bonchev–Trinajstić information content (AvgIpc) is 3.06. The van der Waals surface area contributed by atoms with Crippen LogP contribution in [0.3, 0.4) is 0 Å². The minimum atomic E-state index is -1.03. The molecule has 0 unspecified atom stereocenters. The summed E-state index contributed by atoms with van der Waals surface area (Å²) in [4.78, 5) is 38.5. The maximum absolute atomic E-state index is 13.0. The van der Waals surface area contributed by atoms with Crippen molar-refractivity contribution in [2.24, 2.45) is 23.7 Å². The second-order valence-corrected chi connectivity index (χ2v) is 9.35. The van der Waals surface area contributed by atoms with Gasteiger partial charge < -0.3 is 20.1 Å². The Labute approximate surface area is 199 Å². The SMILES string of the molecule is COC(=O)N1C(=O)[C@@H]2[C@@H](CC(C(C)C)=C([C@H](O)CC/C(C)=C/c3ccccc3O)[C@@H]2CO)C1=O. The van der Waals surface area contributed by atoms with Crippen LogP contribution in [0.15, 0.2) is 41.0 Å². The number of imide groups is 3. The molecule has 1 saturated heterocycles. The highest BCUT2D eigenvalue weighted by Crippen LogP contribution is 2.48. The largest absolute Gasteiger partial charge is 0.507 e. The summed E-state index contributed by atoms with van der Waals surface area (Å²) in [5.74, 6) is -3.60. The number of hydrogen-bond donors (Lipinski definition) is 3. The van der Waals surface area contributed by atoms with Crippen LogP contribution in [0, 0.1) is 23.7 Å². The van der Waals surface area contributed by atoms with Gasteiger partial charge in [-0.3, -0.25) is 9.59 Å². The van der Waals surface area contributed by atoms with Crippen LogP contribution >= 0.6 is 0 Å². The van der Waals surface area contributed by atoms with E-state index < -0.39 is 48.4 Å². The molecular formula is C26H33NO7. The first-order chi connectivity index (χ1) is 16.1. The van der Waals surface area contributed by atoms with Gasteiger partial charge in [0.2, 0.25) is 11.8 Å². The Balaban J connectivity index is 1.88. The second-order valence-electron chi connectivity index (χ2n) is 9.35. The summed E-state index contributed by atoms with van der Waals surface area (Å²) in [7, 11) is 1.10. The van der Waals surface area contributed by atoms with E-state index in [4.69, 9.17) is 0 Å². The van der Waals surface area contributed by atoms with Gasteiger partial charge in [-0.15, -0.1) is 0 Å². The van der Waals surface area contributed by atoms with Crippen molar-refractivity contribution in [3.63, 3.8) is 0 Å². The monoisotopic (exact) mass is 471 g/mol. The number of likely N-dealkylation sites (tertiary alicyclic amines) is 1. The Morgan fingerprint density at radius 3 is 2.50 bits per heavy atom. The van der Waals surface area contributed by atoms with Crippen LogP contribution in [0.25, 0.3) is 6.08 Å². The minimum Gasteiger partial charge on any atom is -0.507 e. The van der Waals surface area contributed by atoms with Gasteiger partial charge in [-0.25, -0.2) is 4.79 Å². The van der Waals surface area contributed by atoms with Crippen LogP contribution in [0.5, 0.6) is 5.75 Å². The van der Waals surface area contributed by atoms with E-state index in [2.05, 4.69) is 4.74 Å². The normalized spacial score (nSPS) is 24.0. The minimum absolute atomic E-state index is 0.0207. The summed E-state index contributed by atoms with van der Waals surface area (Å²) in [6.07, 6.45) is 1.01. The zero-order valence-corrected chi connectivity index (χ0v) is 20.0. The molecule has 1 fully saturated rings. The number of nitrogens with zero attached hydrogens (tertiary/aromatic N) is 1. The molecule has 1 aliphatic heterocycles. The first-order valence-electron chi connectivity index (χ1n) is 11.5. The third-order valence-electron chi connectivity index (χ3n) is 6.88. The molecule has 8 heteroatoms. The molecule has 0 saturated carbocycles. The second kappa shape index (κ2) is 10.5. The van der Waals surface area contributed by atoms with Crippen LogP contribution in [-0.2, 0) is 14.3 Å². The molecule has 34 heavy (non-hydrogen) atoms. The number of para-hydroxylation sites is 1. The lowest BCUT2D eigenvalue weighted by Crippen LogP contribution is -2.40. The number of carbonyl (C=O) groups excluding carboxylic acids is 3. The number of phenolic OH excluding ortho intramolecular Hbond substituents is 1. The molecule has 1 heterocycles. The van der Waals surface area contributed by atoms with Crippen molar-refractivity contribution in [3.05, 3.63) is 46.5 Å². The molecule has 3 N–H and O–H groups in total. The summed E-state index contributed by atoms with van der Waals surface area (Å²) in [6, 6.07) is 6.98. The quantitative estimate of drug-likeness (QED) is 0.412. The van der Waals surface area contributed by atoms with E-state index >= 15 is 0 Å². The van der Waals surface area contributed by atoms with E-state index in [1.165, 1.54) is 0 Å². The first-order valence-corrected chi connectivity index (χ1v) is 11.5. The number of rotatable bonds is 7. The number of ether oxygens (including phenoxy) is 1. The maximum Gasteiger partial charge on any atom is 0.423 e. The summed E-state index contributed by atoms with van der Waals surface area (Å²) < 4.78 is 4.62. The lowest BCUT2D eigenvalue weighted by molar-refractivity contribution is -0.137. The third-order valence-corrected chi connectivity index (χ3v) is 6.88. The summed E-state index contributed by atoms with van der Waals surface area (Å²) in [5.41, 5.74) is 3.05. The highest BCUT2D eigenvalue weighted by molar-refractivity contribution is 6.16. The van der Waals surface area contributed by atoms with Crippen molar-refractivity contribution in [1.29, 1.82) is 0 Å². The number of phenols is 1. The third kappa shape index (κ3) is 4.79. The molecule has 1 aliphatic carbocycles. The fraction of sp³-hybridized carbons (Fsp3) is 0.500. The van der Waals surface area contributed by atoms with Gasteiger partial charge in [-0.1, -0.05) is 49.3 Å². The van der Waals surface area contributed by atoms with Gasteiger partial charge in [-0.2, -0.15) is 4.90 Å². The van der Waals surface area contributed by atoms with Crippen molar-refractivity contribution in [3.8, 4) is 5.75 Å². The van der Waals surface area contributed by atoms with E-state index in [1.54, 1.807) is 18.2 Å². The Kier molecular flexibility index (Phi) is 7.94. The zero-order chi connectivity index (χ0) is 25.2. The van der Waals surface area contributed by atoms with Crippen LogP contribution in [-0.4, -0.2) is 57.9 Å². The molecular weight excluding hydrogens is 438 g/mol. The van der Waals surface area contributed by atoms with Crippen LogP contribution < -0.4 is 0 Å². The fourth-order valence-electron chi connectivity index (χ4n) is 5.18. The van der Waals surface area contributed by atoms with Crippen molar-refractivity contribution in [1.82, 2.24) is 4.90 Å². The van der Waals surface area contributed by atoms with E-state index in [0.29, 0.717) is 28.9 Å². The number of allylic oxidation sites excluding steroid dienone is 2. The van der Waals surface area contributed by atoms with Gasteiger partial charge in [-0.05, 0) is 43.7 Å². The highest BCUT2D eigenvalue weighted by Gasteiger charge is 2.57. The van der Waals surface area contributed by atoms with E-state index in [-0.39, 0.29) is 18.1 Å². The van der Waals surface area contributed by atoms with Crippen molar-refractivity contribution >= 4 is 24.0 Å². The number of fused-ring (bicyclic) bond motifs is 1. The predicted octanol–water partition coefficient (Wildman–Crippen LogP) is 3.27. The fourth-order valence-corrected chi connectivity index (χ4v) is 5.18. The Morgan fingerprint density at radius 1 is 1.24 bits per heavy atom. The topological polar surface area (TPSA) is 124 Å². The molecule has 1 aromatic rings. The number of methoxy groups -OCH3 is 1. The molecule has 0 bridgehead atoms. The number of carbonyl (C=O) groups is 3. The zero-order valence-electron chi connectivity index (χ0n) is 20.0. The van der Waals surface area contributed by atoms with Crippen molar-refractivity contribution in [2.45, 2.75) is 46.1 Å². The van der Waals surface area contributed by atoms with Crippen LogP contribution in [0.1, 0.15) is 45.6 Å². The molecule has 0 spiro atoms. The number of aromatic hydroxyl groups is 1. The molecule has 3 amide bonds. The summed E-state index contributed by atoms with van der Waals surface area (Å²) >= 11 is 0. The molecule has 4 atom stereocenters. The molecule has 184 valence electrons. The standard InChI is InChI=1S/C26H33NO7/c1-14(2)17-12-18-23(25(32)27(24(18)31)26(33)34-4)19(13-28)22(17)21(30)10-9-15(3)11-16-7-5-6-8-20(16)29/h5-8,11,14,18-19,21,23,28-30H,9-10,12-13H2,1-4H3/b15-11+/t18-,19+,21-,23-/m1/s1. The molecule has 0 radical (unpaired) electrons. The van der Waals surface area contributed by atoms with E-state index in [0.717, 1.165) is 18.3 Å². The van der Waals surface area contributed by atoms with Crippen LogP contribution in [0.2, 0.25) is 0 Å². The number of aliphatic hydroxyl groups is 2. The van der Waals surface area contributed by atoms with E-state index in [1.807, 2.05) is 32.9 Å². The number of amides is 3. The van der Waals surface area contributed by atoms with Gasteiger partial charge in [0.15, 0.2) is 0 Å². The molecule has 8 nitrogen and oxygen atoms in total. The highest BCUT2D eigenvalue weighted by atomic mass is 16.5. The molecule has 2 aliphatic rings.